The van der Waals surface area contributed by atoms with E-state index in [4.69, 9.17) is 0 Å². The summed E-state index contributed by atoms with van der Waals surface area (Å²) in [5, 5.41) is 2.81. The van der Waals surface area contributed by atoms with Gasteiger partial charge in [-0.05, 0) is 18.4 Å². The van der Waals surface area contributed by atoms with Gasteiger partial charge in [-0.1, -0.05) is 31.4 Å². The Hall–Kier alpha value is -1.31. The highest BCUT2D eigenvalue weighted by Gasteiger charge is 2.23. The molecular formula is C11H15NO. The molecule has 2 heteroatoms. The number of carbonyl (C=O) groups excluding carboxylic acids is 1. The third-order valence-electron chi connectivity index (χ3n) is 2.24. The third kappa shape index (κ3) is 2.58. The van der Waals surface area contributed by atoms with E-state index in [1.54, 1.807) is 12.2 Å². The Morgan fingerprint density at radius 3 is 2.85 bits per heavy atom. The van der Waals surface area contributed by atoms with E-state index in [0.717, 1.165) is 25.0 Å². The van der Waals surface area contributed by atoms with Crippen molar-refractivity contribution in [1.29, 1.82) is 0 Å². The van der Waals surface area contributed by atoms with Crippen LogP contribution in [0, 0.1) is 5.92 Å². The molecule has 1 aliphatic rings. The number of allylic oxidation sites excluding steroid dienone is 4. The van der Waals surface area contributed by atoms with Gasteiger partial charge in [0.25, 0.3) is 0 Å². The van der Waals surface area contributed by atoms with Crippen LogP contribution in [-0.2, 0) is 4.79 Å². The molecule has 1 saturated heterocycles. The summed E-state index contributed by atoms with van der Waals surface area (Å²) in [5.74, 6) is 0.293. The number of hydrogen-bond acceptors (Lipinski definition) is 1. The Balaban J connectivity index is 2.55. The summed E-state index contributed by atoms with van der Waals surface area (Å²) >= 11 is 0. The Bertz CT molecular complexity index is 253. The third-order valence-corrected chi connectivity index (χ3v) is 2.24. The predicted octanol–water partition coefficient (Wildman–Crippen LogP) is 1.81. The number of hydrogen-bond donors (Lipinski definition) is 1. The average molecular weight is 177 g/mol. The summed E-state index contributed by atoms with van der Waals surface area (Å²) in [7, 11) is 0. The minimum atomic E-state index is 0.129. The molecule has 13 heavy (non-hydrogen) atoms. The van der Waals surface area contributed by atoms with Crippen molar-refractivity contribution in [2.75, 3.05) is 6.54 Å². The van der Waals surface area contributed by atoms with Crippen LogP contribution in [0.2, 0.25) is 0 Å². The van der Waals surface area contributed by atoms with Crippen LogP contribution in [0.15, 0.2) is 37.0 Å². The standard InChI is InChI=1S/C11H15NO/c1-3-5-9(4-2)8-10-6-7-12-11(10)13/h3-5,10H,1-2,6-8H2,(H,12,13)/b9-5+. The van der Waals surface area contributed by atoms with Gasteiger partial charge in [-0.25, -0.2) is 0 Å². The summed E-state index contributed by atoms with van der Waals surface area (Å²) in [5.41, 5.74) is 1.08. The highest BCUT2D eigenvalue weighted by Crippen LogP contribution is 2.19. The fourth-order valence-electron chi connectivity index (χ4n) is 1.50. The topological polar surface area (TPSA) is 29.1 Å². The number of nitrogens with one attached hydrogen (secondary N) is 1. The fraction of sp³-hybridized carbons (Fsp3) is 0.364. The summed E-state index contributed by atoms with van der Waals surface area (Å²) in [4.78, 5) is 11.2. The Kier molecular flexibility index (Phi) is 3.50. The van der Waals surface area contributed by atoms with Crippen LogP contribution in [0.3, 0.4) is 0 Å². The van der Waals surface area contributed by atoms with E-state index < -0.39 is 0 Å². The van der Waals surface area contributed by atoms with Gasteiger partial charge < -0.3 is 5.32 Å². The van der Waals surface area contributed by atoms with Gasteiger partial charge in [0.05, 0.1) is 0 Å². The van der Waals surface area contributed by atoms with Gasteiger partial charge >= 0.3 is 0 Å². The first-order valence-electron chi connectivity index (χ1n) is 4.49. The lowest BCUT2D eigenvalue weighted by atomic mass is 9.98. The maximum Gasteiger partial charge on any atom is 0.223 e. The van der Waals surface area contributed by atoms with Crippen molar-refractivity contribution in [3.63, 3.8) is 0 Å². The Morgan fingerprint density at radius 2 is 2.38 bits per heavy atom. The molecule has 1 unspecified atom stereocenters. The first-order valence-corrected chi connectivity index (χ1v) is 4.49. The van der Waals surface area contributed by atoms with E-state index >= 15 is 0 Å². The molecule has 2 nitrogen and oxygen atoms in total. The largest absolute Gasteiger partial charge is 0.356 e. The molecule has 0 saturated carbocycles. The van der Waals surface area contributed by atoms with Crippen LogP contribution >= 0.6 is 0 Å². The minimum Gasteiger partial charge on any atom is -0.356 e. The van der Waals surface area contributed by atoms with Gasteiger partial charge in [0.2, 0.25) is 5.91 Å². The second-order valence-corrected chi connectivity index (χ2v) is 3.16. The molecule has 0 aromatic rings. The average Bonchev–Trinajstić information content (AvgIpc) is 2.51. The predicted molar refractivity (Wildman–Crippen MR) is 54.2 cm³/mol. The Labute approximate surface area is 79.0 Å². The second-order valence-electron chi connectivity index (χ2n) is 3.16. The molecule has 0 aliphatic carbocycles. The molecule has 70 valence electrons. The van der Waals surface area contributed by atoms with Crippen LogP contribution in [0.1, 0.15) is 12.8 Å². The monoisotopic (exact) mass is 177 g/mol. The lowest BCUT2D eigenvalue weighted by Crippen LogP contribution is -2.19. The Morgan fingerprint density at radius 1 is 1.62 bits per heavy atom. The molecule has 1 fully saturated rings. The van der Waals surface area contributed by atoms with E-state index in [1.807, 2.05) is 6.08 Å². The molecule has 1 N–H and O–H groups in total. The van der Waals surface area contributed by atoms with E-state index in [2.05, 4.69) is 18.5 Å². The molecule has 0 spiro atoms. The summed E-state index contributed by atoms with van der Waals surface area (Å²) in [6, 6.07) is 0. The van der Waals surface area contributed by atoms with Gasteiger partial charge in [0.1, 0.15) is 0 Å². The van der Waals surface area contributed by atoms with Crippen molar-refractivity contribution in [3.8, 4) is 0 Å². The fourth-order valence-corrected chi connectivity index (χ4v) is 1.50. The lowest BCUT2D eigenvalue weighted by Gasteiger charge is -2.06. The van der Waals surface area contributed by atoms with E-state index in [0.29, 0.717) is 0 Å². The van der Waals surface area contributed by atoms with Crippen molar-refractivity contribution in [2.24, 2.45) is 5.92 Å². The zero-order valence-electron chi connectivity index (χ0n) is 7.75. The molecule has 1 amide bonds. The maximum absolute atomic E-state index is 11.2. The van der Waals surface area contributed by atoms with Crippen molar-refractivity contribution in [3.05, 3.63) is 37.0 Å². The molecule has 0 bridgehead atoms. The molecule has 1 rings (SSSR count). The zero-order chi connectivity index (χ0) is 9.68. The summed E-state index contributed by atoms with van der Waals surface area (Å²) in [6.07, 6.45) is 7.12. The number of amides is 1. The lowest BCUT2D eigenvalue weighted by molar-refractivity contribution is -0.122. The summed E-state index contributed by atoms with van der Waals surface area (Å²) in [6.45, 7) is 8.12. The first-order chi connectivity index (χ1) is 6.27. The molecule has 1 atom stereocenters. The maximum atomic E-state index is 11.2. The second kappa shape index (κ2) is 4.65. The molecule has 1 aliphatic heterocycles. The smallest absolute Gasteiger partial charge is 0.223 e. The molecule has 0 aromatic heterocycles. The van der Waals surface area contributed by atoms with Crippen LogP contribution < -0.4 is 5.32 Å². The summed E-state index contributed by atoms with van der Waals surface area (Å²) < 4.78 is 0. The van der Waals surface area contributed by atoms with Gasteiger partial charge in [0.15, 0.2) is 0 Å². The van der Waals surface area contributed by atoms with Crippen molar-refractivity contribution < 1.29 is 4.79 Å². The molecular weight excluding hydrogens is 162 g/mol. The highest BCUT2D eigenvalue weighted by atomic mass is 16.2. The minimum absolute atomic E-state index is 0.129. The van der Waals surface area contributed by atoms with Gasteiger partial charge in [-0.2, -0.15) is 0 Å². The highest BCUT2D eigenvalue weighted by molar-refractivity contribution is 5.80. The van der Waals surface area contributed by atoms with Gasteiger partial charge in [0, 0.05) is 12.5 Å². The van der Waals surface area contributed by atoms with E-state index in [1.165, 1.54) is 0 Å². The van der Waals surface area contributed by atoms with E-state index in [9.17, 15) is 4.79 Å². The number of rotatable bonds is 4. The molecule has 1 heterocycles. The van der Waals surface area contributed by atoms with Crippen LogP contribution in [0.4, 0.5) is 0 Å². The van der Waals surface area contributed by atoms with Crippen LogP contribution in [-0.4, -0.2) is 12.5 Å². The zero-order valence-corrected chi connectivity index (χ0v) is 7.75. The van der Waals surface area contributed by atoms with Gasteiger partial charge in [-0.3, -0.25) is 4.79 Å². The van der Waals surface area contributed by atoms with Crippen molar-refractivity contribution in [2.45, 2.75) is 12.8 Å². The van der Waals surface area contributed by atoms with E-state index in [-0.39, 0.29) is 11.8 Å². The van der Waals surface area contributed by atoms with Crippen molar-refractivity contribution >= 4 is 5.91 Å². The SMILES string of the molecule is C=C/C=C(\C=C)CC1CCNC1=O. The quantitative estimate of drug-likeness (QED) is 0.652. The van der Waals surface area contributed by atoms with Crippen molar-refractivity contribution in [1.82, 2.24) is 5.32 Å². The first kappa shape index (κ1) is 9.78. The normalized spacial score (nSPS) is 22.6. The number of carbonyl (C=O) groups is 1. The van der Waals surface area contributed by atoms with Crippen LogP contribution in [0.25, 0.3) is 0 Å². The molecule has 0 aromatic carbocycles. The molecule has 0 radical (unpaired) electrons. The van der Waals surface area contributed by atoms with Crippen LogP contribution in [0.5, 0.6) is 0 Å². The van der Waals surface area contributed by atoms with Gasteiger partial charge in [-0.15, -0.1) is 0 Å².